The molecule has 1 aromatic carbocycles. The number of nitrogens with zero attached hydrogens (tertiary/aromatic N) is 2. The van der Waals surface area contributed by atoms with Gasteiger partial charge in [-0.2, -0.15) is 4.98 Å². The Labute approximate surface area is 142 Å². The molecule has 0 fully saturated rings. The van der Waals surface area contributed by atoms with Crippen LogP contribution in [-0.2, 0) is 11.0 Å². The molecule has 1 N–H and O–H groups in total. The molecule has 2 heterocycles. The van der Waals surface area contributed by atoms with Crippen molar-refractivity contribution >= 4 is 51.5 Å². The first-order chi connectivity index (χ1) is 10.3. The van der Waals surface area contributed by atoms with E-state index in [1.54, 1.807) is 19.5 Å². The maximum atomic E-state index is 12.6. The van der Waals surface area contributed by atoms with Gasteiger partial charge in [-0.3, -0.25) is 0 Å². The zero-order valence-corrected chi connectivity index (χ0v) is 15.3. The molecule has 1 aliphatic heterocycles. The molecule has 5 nitrogen and oxygen atoms in total. The van der Waals surface area contributed by atoms with Gasteiger partial charge in [0.05, 0.1) is 16.8 Å². The largest absolute Gasteiger partial charge is 0.493 e. The SMILES string of the molecule is CP(C)(=O)c1cc2c(cc1Nc1nc(Cl)ncc1Br)OCC2. The summed E-state index contributed by atoms with van der Waals surface area (Å²) in [6.07, 6.45) is 2.41. The Morgan fingerprint density at radius 1 is 1.41 bits per heavy atom. The van der Waals surface area contributed by atoms with Crippen LogP contribution < -0.4 is 15.4 Å². The third-order valence-electron chi connectivity index (χ3n) is 3.36. The van der Waals surface area contributed by atoms with Crippen LogP contribution in [0, 0.1) is 0 Å². The Morgan fingerprint density at radius 2 is 2.18 bits per heavy atom. The van der Waals surface area contributed by atoms with Crippen LogP contribution in [0.5, 0.6) is 5.75 Å². The predicted molar refractivity (Wildman–Crippen MR) is 92.8 cm³/mol. The molecular formula is C14H14BrClN3O2P. The van der Waals surface area contributed by atoms with E-state index in [2.05, 4.69) is 31.2 Å². The van der Waals surface area contributed by atoms with Gasteiger partial charge in [0.2, 0.25) is 5.28 Å². The summed E-state index contributed by atoms with van der Waals surface area (Å²) in [6.45, 7) is 4.15. The molecule has 2 aromatic rings. The van der Waals surface area contributed by atoms with E-state index in [1.807, 2.05) is 12.1 Å². The van der Waals surface area contributed by atoms with Gasteiger partial charge >= 0.3 is 0 Å². The second-order valence-electron chi connectivity index (χ2n) is 5.39. The molecule has 0 amide bonds. The smallest absolute Gasteiger partial charge is 0.224 e. The third-order valence-corrected chi connectivity index (χ3v) is 5.65. The van der Waals surface area contributed by atoms with Crippen LogP contribution >= 0.6 is 34.7 Å². The molecule has 0 unspecified atom stereocenters. The zero-order chi connectivity index (χ0) is 15.9. The maximum absolute atomic E-state index is 12.6. The minimum absolute atomic E-state index is 0.140. The van der Waals surface area contributed by atoms with Crippen LogP contribution in [-0.4, -0.2) is 29.9 Å². The molecular weight excluding hydrogens is 389 g/mol. The van der Waals surface area contributed by atoms with E-state index in [0.29, 0.717) is 22.6 Å². The van der Waals surface area contributed by atoms with Crippen molar-refractivity contribution in [2.75, 3.05) is 25.3 Å². The summed E-state index contributed by atoms with van der Waals surface area (Å²) in [5.41, 5.74) is 1.80. The van der Waals surface area contributed by atoms with Crippen molar-refractivity contribution in [2.45, 2.75) is 6.42 Å². The molecule has 3 rings (SSSR count). The number of ether oxygens (including phenoxy) is 1. The van der Waals surface area contributed by atoms with Gasteiger partial charge in [0.25, 0.3) is 0 Å². The summed E-state index contributed by atoms with van der Waals surface area (Å²) in [5.74, 6) is 1.34. The minimum atomic E-state index is -2.46. The summed E-state index contributed by atoms with van der Waals surface area (Å²) in [4.78, 5) is 8.05. The lowest BCUT2D eigenvalue weighted by atomic mass is 10.1. The highest BCUT2D eigenvalue weighted by Gasteiger charge is 2.23. The normalized spacial score (nSPS) is 13.6. The lowest BCUT2D eigenvalue weighted by Crippen LogP contribution is -2.11. The average Bonchev–Trinajstić information content (AvgIpc) is 2.88. The van der Waals surface area contributed by atoms with Gasteiger partial charge in [-0.1, -0.05) is 0 Å². The molecule has 1 aliphatic rings. The summed E-state index contributed by atoms with van der Waals surface area (Å²) in [7, 11) is -2.46. The van der Waals surface area contributed by atoms with E-state index >= 15 is 0 Å². The summed E-state index contributed by atoms with van der Waals surface area (Å²) < 4.78 is 18.9. The van der Waals surface area contributed by atoms with Gasteiger partial charge in [-0.25, -0.2) is 4.98 Å². The first kappa shape index (κ1) is 15.8. The van der Waals surface area contributed by atoms with Crippen LogP contribution in [0.3, 0.4) is 0 Å². The molecule has 1 aromatic heterocycles. The van der Waals surface area contributed by atoms with Gasteiger partial charge in [0.1, 0.15) is 18.7 Å². The highest BCUT2D eigenvalue weighted by molar-refractivity contribution is 9.10. The monoisotopic (exact) mass is 401 g/mol. The fourth-order valence-electron chi connectivity index (χ4n) is 2.32. The molecule has 0 spiro atoms. The third kappa shape index (κ3) is 3.14. The number of benzene rings is 1. The molecule has 22 heavy (non-hydrogen) atoms. The van der Waals surface area contributed by atoms with Crippen molar-refractivity contribution < 1.29 is 9.30 Å². The van der Waals surface area contributed by atoms with E-state index in [-0.39, 0.29) is 5.28 Å². The summed E-state index contributed by atoms with van der Waals surface area (Å²) in [6, 6.07) is 3.84. The highest BCUT2D eigenvalue weighted by Crippen LogP contribution is 2.42. The predicted octanol–water partition coefficient (Wildman–Crippen LogP) is 3.82. The Hall–Kier alpha value is -1.10. The number of nitrogens with one attached hydrogen (secondary N) is 1. The Balaban J connectivity index is 2.09. The first-order valence-corrected chi connectivity index (χ1v) is 10.4. The standard InChI is InChI=1S/C14H14BrClN3O2P/c1-22(2,20)12-5-8-3-4-21-11(8)6-10(12)18-13-9(15)7-17-14(16)19-13/h5-7H,3-4H2,1-2H3,(H,17,18,19). The van der Waals surface area contributed by atoms with Crippen LogP contribution in [0.4, 0.5) is 11.5 Å². The second-order valence-corrected chi connectivity index (χ2v) is 9.76. The Kier molecular flexibility index (Phi) is 4.19. The van der Waals surface area contributed by atoms with Crippen LogP contribution in [0.25, 0.3) is 0 Å². The number of fused-ring (bicyclic) bond motifs is 1. The van der Waals surface area contributed by atoms with Crippen molar-refractivity contribution in [2.24, 2.45) is 0 Å². The van der Waals surface area contributed by atoms with Crippen LogP contribution in [0.1, 0.15) is 5.56 Å². The Morgan fingerprint density at radius 3 is 2.91 bits per heavy atom. The topological polar surface area (TPSA) is 64.1 Å². The quantitative estimate of drug-likeness (QED) is 0.625. The van der Waals surface area contributed by atoms with Gasteiger partial charge in [0, 0.05) is 24.0 Å². The summed E-state index contributed by atoms with van der Waals surface area (Å²) in [5, 5.41) is 4.10. The number of anilines is 2. The molecule has 0 saturated heterocycles. The Bertz CT molecular complexity index is 794. The van der Waals surface area contributed by atoms with Gasteiger partial charge < -0.3 is 14.6 Å². The maximum Gasteiger partial charge on any atom is 0.224 e. The van der Waals surface area contributed by atoms with E-state index in [0.717, 1.165) is 23.0 Å². The molecule has 8 heteroatoms. The summed E-state index contributed by atoms with van der Waals surface area (Å²) >= 11 is 9.22. The fraction of sp³-hybridized carbons (Fsp3) is 0.286. The van der Waals surface area contributed by atoms with Crippen LogP contribution in [0.15, 0.2) is 22.8 Å². The van der Waals surface area contributed by atoms with Gasteiger partial charge in [0.15, 0.2) is 0 Å². The lowest BCUT2D eigenvalue weighted by Gasteiger charge is -2.17. The van der Waals surface area contributed by atoms with Gasteiger partial charge in [-0.15, -0.1) is 0 Å². The van der Waals surface area contributed by atoms with Crippen LogP contribution in [0.2, 0.25) is 5.28 Å². The molecule has 0 saturated carbocycles. The number of halogens is 2. The highest BCUT2D eigenvalue weighted by atomic mass is 79.9. The number of rotatable bonds is 3. The molecule has 0 bridgehead atoms. The lowest BCUT2D eigenvalue weighted by molar-refractivity contribution is 0.357. The number of hydrogen-bond acceptors (Lipinski definition) is 5. The van der Waals surface area contributed by atoms with Crippen molar-refractivity contribution in [1.82, 2.24) is 9.97 Å². The van der Waals surface area contributed by atoms with E-state index in [1.165, 1.54) is 0 Å². The minimum Gasteiger partial charge on any atom is -0.493 e. The number of aromatic nitrogens is 2. The molecule has 0 aliphatic carbocycles. The molecule has 0 radical (unpaired) electrons. The number of hydrogen-bond donors (Lipinski definition) is 1. The van der Waals surface area contributed by atoms with Crippen molar-refractivity contribution in [3.05, 3.63) is 33.6 Å². The molecule has 0 atom stereocenters. The van der Waals surface area contributed by atoms with Crippen molar-refractivity contribution in [1.29, 1.82) is 0 Å². The van der Waals surface area contributed by atoms with E-state index in [9.17, 15) is 4.57 Å². The fourth-order valence-corrected chi connectivity index (χ4v) is 3.91. The second kappa shape index (κ2) is 5.84. The zero-order valence-electron chi connectivity index (χ0n) is 12.1. The molecule has 116 valence electrons. The first-order valence-electron chi connectivity index (χ1n) is 6.65. The van der Waals surface area contributed by atoms with E-state index < -0.39 is 7.14 Å². The van der Waals surface area contributed by atoms with Crippen molar-refractivity contribution in [3.8, 4) is 5.75 Å². The average molecular weight is 403 g/mol. The van der Waals surface area contributed by atoms with Crippen molar-refractivity contribution in [3.63, 3.8) is 0 Å². The van der Waals surface area contributed by atoms with Gasteiger partial charge in [-0.05, 0) is 52.5 Å². The van der Waals surface area contributed by atoms with E-state index in [4.69, 9.17) is 16.3 Å².